The highest BCUT2D eigenvalue weighted by Crippen LogP contribution is 2.23. The van der Waals surface area contributed by atoms with Crippen molar-refractivity contribution < 1.29 is 9.72 Å². The van der Waals surface area contributed by atoms with Gasteiger partial charge in [0.2, 0.25) is 5.91 Å². The normalized spacial score (nSPS) is 12.0. The van der Waals surface area contributed by atoms with Crippen molar-refractivity contribution in [3.05, 3.63) is 33.1 Å². The molecule has 2 rings (SSSR count). The Morgan fingerprint density at radius 1 is 1.36 bits per heavy atom. The number of rotatable bonds is 6. The Bertz CT molecular complexity index is 761. The number of non-ortho nitro benzene ring substituents is 1. The molecule has 0 N–H and O–H groups in total. The lowest BCUT2D eigenvalue weighted by atomic mass is 10.2. The predicted molar refractivity (Wildman–Crippen MR) is 86.9 cm³/mol. The fraction of sp³-hybridized carbons (Fsp3) is 0.467. The molecule has 0 saturated heterocycles. The van der Waals surface area contributed by atoms with Gasteiger partial charge in [0.1, 0.15) is 0 Å². The van der Waals surface area contributed by atoms with E-state index in [1.807, 2.05) is 18.4 Å². The minimum absolute atomic E-state index is 0.0567. The van der Waals surface area contributed by atoms with Crippen LogP contribution < -0.4 is 4.80 Å². The summed E-state index contributed by atoms with van der Waals surface area (Å²) in [7, 11) is 0. The third kappa shape index (κ3) is 3.59. The molecule has 0 aliphatic rings. The molecule has 0 bridgehead atoms. The van der Waals surface area contributed by atoms with Gasteiger partial charge in [0.15, 0.2) is 4.80 Å². The SMILES string of the molecule is CCCCC(=O)N=c1sc2cc([N+](=O)[O-])ccc2n1CCC. The quantitative estimate of drug-likeness (QED) is 0.602. The van der Waals surface area contributed by atoms with Crippen molar-refractivity contribution in [1.29, 1.82) is 0 Å². The summed E-state index contributed by atoms with van der Waals surface area (Å²) >= 11 is 1.33. The highest BCUT2D eigenvalue weighted by Gasteiger charge is 2.12. The summed E-state index contributed by atoms with van der Waals surface area (Å²) in [5, 5.41) is 10.9. The van der Waals surface area contributed by atoms with Crippen molar-refractivity contribution in [2.75, 3.05) is 0 Å². The molecule has 1 aromatic heterocycles. The lowest BCUT2D eigenvalue weighted by molar-refractivity contribution is -0.384. The van der Waals surface area contributed by atoms with Gasteiger partial charge in [-0.25, -0.2) is 0 Å². The Morgan fingerprint density at radius 2 is 2.14 bits per heavy atom. The van der Waals surface area contributed by atoms with Gasteiger partial charge in [-0.1, -0.05) is 31.6 Å². The van der Waals surface area contributed by atoms with Crippen LogP contribution in [0.4, 0.5) is 5.69 Å². The van der Waals surface area contributed by atoms with Crippen LogP contribution in [0.5, 0.6) is 0 Å². The summed E-state index contributed by atoms with van der Waals surface area (Å²) in [5.41, 5.74) is 0.945. The van der Waals surface area contributed by atoms with Crippen molar-refractivity contribution in [2.24, 2.45) is 4.99 Å². The molecule has 7 heteroatoms. The van der Waals surface area contributed by atoms with E-state index in [0.29, 0.717) is 11.2 Å². The number of unbranched alkanes of at least 4 members (excludes halogenated alkanes) is 1. The molecule has 118 valence electrons. The third-order valence-corrected chi connectivity index (χ3v) is 4.33. The number of hydrogen-bond donors (Lipinski definition) is 0. The molecule has 0 aliphatic heterocycles. The van der Waals surface area contributed by atoms with Crippen LogP contribution in [0.15, 0.2) is 23.2 Å². The maximum absolute atomic E-state index is 11.9. The summed E-state index contributed by atoms with van der Waals surface area (Å²) in [6, 6.07) is 4.76. The van der Waals surface area contributed by atoms with Crippen molar-refractivity contribution in [2.45, 2.75) is 46.1 Å². The van der Waals surface area contributed by atoms with Gasteiger partial charge < -0.3 is 4.57 Å². The number of benzene rings is 1. The molecule has 0 atom stereocenters. The van der Waals surface area contributed by atoms with E-state index in [9.17, 15) is 14.9 Å². The molecular weight excluding hydrogens is 302 g/mol. The first-order chi connectivity index (χ1) is 10.6. The number of carbonyl (C=O) groups excluding carboxylic acids is 1. The van der Waals surface area contributed by atoms with Gasteiger partial charge in [-0.05, 0) is 18.9 Å². The van der Waals surface area contributed by atoms with Crippen LogP contribution in [0.2, 0.25) is 0 Å². The molecule has 6 nitrogen and oxygen atoms in total. The molecule has 0 aliphatic carbocycles. The Kier molecular flexibility index (Phi) is 5.43. The number of aromatic nitrogens is 1. The fourth-order valence-electron chi connectivity index (χ4n) is 2.19. The second kappa shape index (κ2) is 7.31. The first kappa shape index (κ1) is 16.4. The number of amides is 1. The number of nitro groups is 1. The summed E-state index contributed by atoms with van der Waals surface area (Å²) in [6.45, 7) is 4.81. The van der Waals surface area contributed by atoms with Crippen LogP contribution in [-0.2, 0) is 11.3 Å². The van der Waals surface area contributed by atoms with Crippen LogP contribution in [0, 0.1) is 10.1 Å². The van der Waals surface area contributed by atoms with E-state index in [4.69, 9.17) is 0 Å². The van der Waals surface area contributed by atoms with Crippen molar-refractivity contribution in [3.8, 4) is 0 Å². The van der Waals surface area contributed by atoms with Crippen LogP contribution in [0.25, 0.3) is 10.2 Å². The Labute approximate surface area is 132 Å². The van der Waals surface area contributed by atoms with Crippen LogP contribution in [0.3, 0.4) is 0 Å². The summed E-state index contributed by atoms with van der Waals surface area (Å²) in [6.07, 6.45) is 3.12. The van der Waals surface area contributed by atoms with Gasteiger partial charge >= 0.3 is 0 Å². The predicted octanol–water partition coefficient (Wildman–Crippen LogP) is 3.64. The smallest absolute Gasteiger partial charge is 0.270 e. The molecule has 0 unspecified atom stereocenters. The third-order valence-electron chi connectivity index (χ3n) is 3.29. The zero-order valence-electron chi connectivity index (χ0n) is 12.7. The number of aryl methyl sites for hydroxylation is 1. The van der Waals surface area contributed by atoms with Crippen LogP contribution in [0.1, 0.15) is 39.5 Å². The monoisotopic (exact) mass is 321 g/mol. The average Bonchev–Trinajstić information content (AvgIpc) is 2.82. The number of hydrogen-bond acceptors (Lipinski definition) is 4. The molecule has 0 spiro atoms. The number of nitro benzene ring substituents is 1. The molecule has 2 aromatic rings. The number of thiazole rings is 1. The minimum Gasteiger partial charge on any atom is -0.316 e. The van der Waals surface area contributed by atoms with E-state index < -0.39 is 4.92 Å². The van der Waals surface area contributed by atoms with Gasteiger partial charge in [-0.3, -0.25) is 14.9 Å². The van der Waals surface area contributed by atoms with Crippen molar-refractivity contribution in [1.82, 2.24) is 4.57 Å². The maximum atomic E-state index is 11.9. The van der Waals surface area contributed by atoms with E-state index in [2.05, 4.69) is 4.99 Å². The Morgan fingerprint density at radius 3 is 2.77 bits per heavy atom. The Balaban J connectivity index is 2.52. The summed E-state index contributed by atoms with van der Waals surface area (Å²) in [5.74, 6) is -0.132. The number of carbonyl (C=O) groups is 1. The molecule has 1 heterocycles. The zero-order valence-corrected chi connectivity index (χ0v) is 13.6. The topological polar surface area (TPSA) is 77.5 Å². The lowest BCUT2D eigenvalue weighted by Gasteiger charge is -2.02. The highest BCUT2D eigenvalue weighted by atomic mass is 32.1. The number of fused-ring (bicyclic) bond motifs is 1. The summed E-state index contributed by atoms with van der Waals surface area (Å²) in [4.78, 5) is 27.2. The molecular formula is C15H19N3O3S. The zero-order chi connectivity index (χ0) is 16.1. The van der Waals surface area contributed by atoms with Crippen molar-refractivity contribution >= 4 is 33.1 Å². The van der Waals surface area contributed by atoms with Crippen LogP contribution >= 0.6 is 11.3 Å². The Hall–Kier alpha value is -2.02. The van der Waals surface area contributed by atoms with E-state index >= 15 is 0 Å². The molecule has 1 amide bonds. The van der Waals surface area contributed by atoms with Gasteiger partial charge in [0, 0.05) is 25.1 Å². The largest absolute Gasteiger partial charge is 0.316 e. The second-order valence-electron chi connectivity index (χ2n) is 5.05. The van der Waals surface area contributed by atoms with E-state index in [1.54, 1.807) is 12.1 Å². The maximum Gasteiger partial charge on any atom is 0.270 e. The van der Waals surface area contributed by atoms with E-state index in [0.717, 1.165) is 36.0 Å². The van der Waals surface area contributed by atoms with Gasteiger partial charge in [0.25, 0.3) is 5.69 Å². The van der Waals surface area contributed by atoms with E-state index in [-0.39, 0.29) is 11.6 Å². The second-order valence-corrected chi connectivity index (χ2v) is 6.06. The molecule has 1 aromatic carbocycles. The van der Waals surface area contributed by atoms with Crippen LogP contribution in [-0.4, -0.2) is 15.4 Å². The standard InChI is InChI=1S/C15H19N3O3S/c1-3-5-6-14(19)16-15-17(9-4-2)12-8-7-11(18(20)21)10-13(12)22-15/h7-8,10H,3-6,9H2,1-2H3. The molecule has 0 radical (unpaired) electrons. The first-order valence-corrected chi connectivity index (χ1v) is 8.23. The summed E-state index contributed by atoms with van der Waals surface area (Å²) < 4.78 is 2.75. The first-order valence-electron chi connectivity index (χ1n) is 7.42. The van der Waals surface area contributed by atoms with Gasteiger partial charge in [-0.2, -0.15) is 4.99 Å². The number of nitrogens with zero attached hydrogens (tertiary/aromatic N) is 3. The van der Waals surface area contributed by atoms with Crippen molar-refractivity contribution in [3.63, 3.8) is 0 Å². The lowest BCUT2D eigenvalue weighted by Crippen LogP contribution is -2.16. The average molecular weight is 321 g/mol. The van der Waals surface area contributed by atoms with Gasteiger partial charge in [0.05, 0.1) is 15.1 Å². The minimum atomic E-state index is -0.410. The van der Waals surface area contributed by atoms with E-state index in [1.165, 1.54) is 17.4 Å². The van der Waals surface area contributed by atoms with Gasteiger partial charge in [-0.15, -0.1) is 0 Å². The fourth-order valence-corrected chi connectivity index (χ4v) is 3.30. The molecule has 0 fully saturated rings. The molecule has 22 heavy (non-hydrogen) atoms. The molecule has 0 saturated carbocycles. The highest BCUT2D eigenvalue weighted by molar-refractivity contribution is 7.16.